The van der Waals surface area contributed by atoms with Crippen LogP contribution in [-0.4, -0.2) is 33.5 Å². The average molecular weight is 439 g/mol. The van der Waals surface area contributed by atoms with E-state index in [2.05, 4.69) is 42.6 Å². The molecule has 5 atom stereocenters. The molecule has 8 bridgehead atoms. The Kier molecular flexibility index (Phi) is 5.26. The van der Waals surface area contributed by atoms with Crippen molar-refractivity contribution in [2.45, 2.75) is 100 Å². The van der Waals surface area contributed by atoms with E-state index in [9.17, 15) is 10.2 Å². The summed E-state index contributed by atoms with van der Waals surface area (Å²) in [4.78, 5) is 0. The third kappa shape index (κ3) is 3.85. The van der Waals surface area contributed by atoms with Crippen LogP contribution in [0.1, 0.15) is 82.7 Å². The van der Waals surface area contributed by atoms with Crippen molar-refractivity contribution in [3.63, 3.8) is 0 Å². The lowest BCUT2D eigenvalue weighted by Crippen LogP contribution is -2.61. The van der Waals surface area contributed by atoms with Crippen LogP contribution in [-0.2, 0) is 0 Å². The fraction of sp³-hybridized carbons (Fsp3) is 0.786. The summed E-state index contributed by atoms with van der Waals surface area (Å²) in [6, 6.07) is 12.2. The van der Waals surface area contributed by atoms with Gasteiger partial charge in [-0.15, -0.1) is 0 Å². The van der Waals surface area contributed by atoms with Crippen LogP contribution in [0.25, 0.3) is 0 Å². The first-order chi connectivity index (χ1) is 15.3. The van der Waals surface area contributed by atoms with E-state index < -0.39 is 0 Å². The SMILES string of the molecule is C[C@@H](NC1C2CC3CC1CC(O)(C3)C2)c1ccccc1.NC1C2CC3CC1CC(O)(C3)C2. The van der Waals surface area contributed by atoms with Gasteiger partial charge in [0.1, 0.15) is 0 Å². The lowest BCUT2D eigenvalue weighted by Gasteiger charge is -2.58. The maximum absolute atomic E-state index is 10.6. The molecule has 0 spiro atoms. The molecular weight excluding hydrogens is 396 g/mol. The standard InChI is InChI=1S/C18H25NO.C10H17NO/c1-12(14-5-3-2-4-6-14)19-17-15-7-13-8-16(17)11-18(20,9-13)10-15;11-9-7-1-6-2-8(9)5-10(12,3-6)4-7/h2-6,12-13,15-17,19-20H,7-11H2,1H3;6-9,12H,1-5,11H2/t12-,13?,15?,16?,17?,18?;/m1./s1. The smallest absolute Gasteiger partial charge is 0.0657 e. The molecule has 0 aliphatic heterocycles. The molecule has 8 saturated carbocycles. The zero-order valence-corrected chi connectivity index (χ0v) is 19.6. The van der Waals surface area contributed by atoms with Crippen molar-refractivity contribution in [1.29, 1.82) is 0 Å². The first-order valence-corrected chi connectivity index (χ1v) is 13.3. The second-order valence-electron chi connectivity index (χ2n) is 12.8. The van der Waals surface area contributed by atoms with Gasteiger partial charge in [0.05, 0.1) is 11.2 Å². The predicted molar refractivity (Wildman–Crippen MR) is 127 cm³/mol. The van der Waals surface area contributed by atoms with Crippen LogP contribution >= 0.6 is 0 Å². The van der Waals surface area contributed by atoms with Gasteiger partial charge in [-0.05, 0) is 112 Å². The Morgan fingerprint density at radius 2 is 1.25 bits per heavy atom. The molecule has 176 valence electrons. The highest BCUT2D eigenvalue weighted by atomic mass is 16.3. The summed E-state index contributed by atoms with van der Waals surface area (Å²) in [5.41, 5.74) is 6.88. The molecule has 9 rings (SSSR count). The Bertz CT molecular complexity index is 796. The molecule has 4 unspecified atom stereocenters. The van der Waals surface area contributed by atoms with Crippen LogP contribution in [0.2, 0.25) is 0 Å². The number of hydrogen-bond acceptors (Lipinski definition) is 4. The molecule has 0 saturated heterocycles. The zero-order chi connectivity index (χ0) is 22.1. The molecular formula is C28H42N2O2. The molecule has 0 radical (unpaired) electrons. The number of nitrogens with one attached hydrogen (secondary N) is 1. The summed E-state index contributed by atoms with van der Waals surface area (Å²) in [7, 11) is 0. The molecule has 32 heavy (non-hydrogen) atoms. The quantitative estimate of drug-likeness (QED) is 0.571. The van der Waals surface area contributed by atoms with E-state index >= 15 is 0 Å². The molecule has 8 aliphatic rings. The second-order valence-corrected chi connectivity index (χ2v) is 12.8. The molecule has 8 fully saturated rings. The van der Waals surface area contributed by atoms with E-state index in [0.29, 0.717) is 41.8 Å². The lowest BCUT2D eigenvalue weighted by molar-refractivity contribution is -0.139. The fourth-order valence-electron chi connectivity index (χ4n) is 9.40. The van der Waals surface area contributed by atoms with Crippen LogP contribution in [0.15, 0.2) is 30.3 Å². The minimum absolute atomic E-state index is 0.299. The number of aliphatic hydroxyl groups is 2. The summed E-state index contributed by atoms with van der Waals surface area (Å²) >= 11 is 0. The average Bonchev–Trinajstić information content (AvgIpc) is 2.73. The van der Waals surface area contributed by atoms with E-state index in [-0.39, 0.29) is 11.2 Å². The second kappa shape index (κ2) is 7.80. The van der Waals surface area contributed by atoms with Gasteiger partial charge in [0.2, 0.25) is 0 Å². The minimum Gasteiger partial charge on any atom is -0.390 e. The first-order valence-electron chi connectivity index (χ1n) is 13.3. The van der Waals surface area contributed by atoms with Crippen LogP contribution in [0.4, 0.5) is 0 Å². The fourth-order valence-corrected chi connectivity index (χ4v) is 9.40. The van der Waals surface area contributed by atoms with Crippen molar-refractivity contribution >= 4 is 0 Å². The normalized spacial score (nSPS) is 50.8. The van der Waals surface area contributed by atoms with Gasteiger partial charge in [0, 0.05) is 18.1 Å². The van der Waals surface area contributed by atoms with E-state index in [1.807, 2.05) is 0 Å². The van der Waals surface area contributed by atoms with Crippen LogP contribution in [0, 0.1) is 35.5 Å². The van der Waals surface area contributed by atoms with Gasteiger partial charge in [-0.1, -0.05) is 30.3 Å². The van der Waals surface area contributed by atoms with Crippen molar-refractivity contribution in [3.05, 3.63) is 35.9 Å². The Labute approximate surface area is 193 Å². The highest BCUT2D eigenvalue weighted by Crippen LogP contribution is 2.56. The highest BCUT2D eigenvalue weighted by molar-refractivity contribution is 5.19. The Morgan fingerprint density at radius 1 is 0.781 bits per heavy atom. The van der Waals surface area contributed by atoms with Gasteiger partial charge in [-0.25, -0.2) is 0 Å². The maximum Gasteiger partial charge on any atom is 0.0657 e. The number of benzene rings is 1. The summed E-state index contributed by atoms with van der Waals surface area (Å²) in [5.74, 6) is 4.26. The van der Waals surface area contributed by atoms with Crippen molar-refractivity contribution in [2.24, 2.45) is 41.2 Å². The molecule has 1 aromatic carbocycles. The summed E-state index contributed by atoms with van der Waals surface area (Å²) < 4.78 is 0. The summed E-state index contributed by atoms with van der Waals surface area (Å²) in [5, 5.41) is 24.7. The van der Waals surface area contributed by atoms with E-state index in [1.165, 1.54) is 31.2 Å². The maximum atomic E-state index is 10.6. The topological polar surface area (TPSA) is 78.5 Å². The van der Waals surface area contributed by atoms with Crippen molar-refractivity contribution in [3.8, 4) is 0 Å². The Morgan fingerprint density at radius 3 is 1.75 bits per heavy atom. The third-order valence-corrected chi connectivity index (χ3v) is 10.3. The van der Waals surface area contributed by atoms with Gasteiger partial charge in [-0.2, -0.15) is 0 Å². The third-order valence-electron chi connectivity index (χ3n) is 10.3. The van der Waals surface area contributed by atoms with E-state index in [4.69, 9.17) is 5.73 Å². The number of rotatable bonds is 3. The zero-order valence-electron chi connectivity index (χ0n) is 19.6. The van der Waals surface area contributed by atoms with Crippen LogP contribution in [0.5, 0.6) is 0 Å². The molecule has 8 aliphatic carbocycles. The van der Waals surface area contributed by atoms with Crippen LogP contribution < -0.4 is 11.1 Å². The van der Waals surface area contributed by atoms with Crippen molar-refractivity contribution in [2.75, 3.05) is 0 Å². The first kappa shape index (κ1) is 21.6. The number of nitrogens with two attached hydrogens (primary N) is 1. The highest BCUT2D eigenvalue weighted by Gasteiger charge is 2.55. The molecule has 5 N–H and O–H groups in total. The van der Waals surface area contributed by atoms with Gasteiger partial charge >= 0.3 is 0 Å². The largest absolute Gasteiger partial charge is 0.390 e. The summed E-state index contributed by atoms with van der Waals surface area (Å²) in [6.07, 6.45) is 11.4. The van der Waals surface area contributed by atoms with E-state index in [1.54, 1.807) is 0 Å². The molecule has 0 aromatic heterocycles. The monoisotopic (exact) mass is 438 g/mol. The van der Waals surface area contributed by atoms with Crippen molar-refractivity contribution < 1.29 is 10.2 Å². The molecule has 0 amide bonds. The van der Waals surface area contributed by atoms with E-state index in [0.717, 1.165) is 50.4 Å². The predicted octanol–water partition coefficient (Wildman–Crippen LogP) is 4.16. The Hall–Kier alpha value is -0.940. The molecule has 4 nitrogen and oxygen atoms in total. The van der Waals surface area contributed by atoms with Crippen molar-refractivity contribution in [1.82, 2.24) is 5.32 Å². The van der Waals surface area contributed by atoms with Gasteiger partial charge in [0.25, 0.3) is 0 Å². The van der Waals surface area contributed by atoms with Gasteiger partial charge in [0.15, 0.2) is 0 Å². The summed E-state index contributed by atoms with van der Waals surface area (Å²) in [6.45, 7) is 2.27. The van der Waals surface area contributed by atoms with Gasteiger partial charge in [-0.3, -0.25) is 0 Å². The minimum atomic E-state index is -0.315. The lowest BCUT2D eigenvalue weighted by atomic mass is 9.52. The van der Waals surface area contributed by atoms with Gasteiger partial charge < -0.3 is 21.3 Å². The molecule has 0 heterocycles. The number of hydrogen-bond donors (Lipinski definition) is 4. The molecule has 4 heteroatoms. The Balaban J connectivity index is 0.000000138. The van der Waals surface area contributed by atoms with Crippen LogP contribution in [0.3, 0.4) is 0 Å². The molecule has 1 aromatic rings.